The number of allylic oxidation sites excluding steroid dienone is 1. The SMILES string of the molecule is CCCCCC1CCC(C=Cc2cccc(F)c2F)CC1. The van der Waals surface area contributed by atoms with Crippen molar-refractivity contribution in [3.63, 3.8) is 0 Å². The predicted octanol–water partition coefficient (Wildman–Crippen LogP) is 6.36. The molecule has 1 saturated carbocycles. The van der Waals surface area contributed by atoms with E-state index in [0.29, 0.717) is 11.5 Å². The Kier molecular flexibility index (Phi) is 6.41. The van der Waals surface area contributed by atoms with Gasteiger partial charge >= 0.3 is 0 Å². The summed E-state index contributed by atoms with van der Waals surface area (Å²) in [5, 5.41) is 0. The average Bonchev–Trinajstić information content (AvgIpc) is 2.50. The van der Waals surface area contributed by atoms with Gasteiger partial charge in [0, 0.05) is 5.56 Å². The van der Waals surface area contributed by atoms with Crippen molar-refractivity contribution >= 4 is 6.08 Å². The van der Waals surface area contributed by atoms with Crippen molar-refractivity contribution in [2.24, 2.45) is 11.8 Å². The quantitative estimate of drug-likeness (QED) is 0.535. The van der Waals surface area contributed by atoms with Crippen molar-refractivity contribution in [1.29, 1.82) is 0 Å². The molecule has 0 radical (unpaired) electrons. The van der Waals surface area contributed by atoms with Gasteiger partial charge in [0.05, 0.1) is 0 Å². The summed E-state index contributed by atoms with van der Waals surface area (Å²) in [5.74, 6) is -0.0963. The van der Waals surface area contributed by atoms with Crippen molar-refractivity contribution < 1.29 is 8.78 Å². The molecule has 1 aromatic rings. The molecule has 116 valence electrons. The monoisotopic (exact) mass is 292 g/mol. The van der Waals surface area contributed by atoms with Gasteiger partial charge < -0.3 is 0 Å². The second-order valence-electron chi connectivity index (χ2n) is 6.28. The third kappa shape index (κ3) is 4.94. The van der Waals surface area contributed by atoms with Crippen LogP contribution in [0.2, 0.25) is 0 Å². The number of benzene rings is 1. The summed E-state index contributed by atoms with van der Waals surface area (Å²) < 4.78 is 26.7. The van der Waals surface area contributed by atoms with Crippen LogP contribution in [0.1, 0.15) is 63.9 Å². The molecule has 0 aromatic heterocycles. The van der Waals surface area contributed by atoms with E-state index < -0.39 is 11.6 Å². The molecule has 1 fully saturated rings. The van der Waals surface area contributed by atoms with E-state index in [2.05, 4.69) is 13.0 Å². The summed E-state index contributed by atoms with van der Waals surface area (Å²) in [4.78, 5) is 0. The zero-order chi connectivity index (χ0) is 15.1. The Bertz CT molecular complexity index is 457. The first kappa shape index (κ1) is 16.2. The molecule has 0 amide bonds. The molecule has 0 heterocycles. The second-order valence-corrected chi connectivity index (χ2v) is 6.28. The molecule has 21 heavy (non-hydrogen) atoms. The maximum atomic E-state index is 13.6. The van der Waals surface area contributed by atoms with E-state index in [1.807, 2.05) is 0 Å². The Morgan fingerprint density at radius 2 is 1.86 bits per heavy atom. The fourth-order valence-electron chi connectivity index (χ4n) is 3.24. The van der Waals surface area contributed by atoms with Crippen LogP contribution in [0, 0.1) is 23.5 Å². The van der Waals surface area contributed by atoms with Gasteiger partial charge in [-0.2, -0.15) is 0 Å². The highest BCUT2D eigenvalue weighted by atomic mass is 19.2. The normalized spacial score (nSPS) is 22.8. The maximum Gasteiger partial charge on any atom is 0.166 e. The fraction of sp³-hybridized carbons (Fsp3) is 0.579. The van der Waals surface area contributed by atoms with E-state index in [0.717, 1.165) is 12.0 Å². The molecular weight excluding hydrogens is 266 g/mol. The molecule has 0 atom stereocenters. The molecule has 2 rings (SSSR count). The molecule has 0 spiro atoms. The Balaban J connectivity index is 1.80. The van der Waals surface area contributed by atoms with Crippen LogP contribution in [0.25, 0.3) is 6.08 Å². The van der Waals surface area contributed by atoms with Gasteiger partial charge in [-0.1, -0.05) is 56.9 Å². The van der Waals surface area contributed by atoms with Crippen LogP contribution in [-0.4, -0.2) is 0 Å². The molecule has 0 bridgehead atoms. The van der Waals surface area contributed by atoms with Crippen molar-refractivity contribution in [2.75, 3.05) is 0 Å². The fourth-order valence-corrected chi connectivity index (χ4v) is 3.24. The topological polar surface area (TPSA) is 0 Å². The van der Waals surface area contributed by atoms with Gasteiger partial charge in [0.15, 0.2) is 11.6 Å². The zero-order valence-electron chi connectivity index (χ0n) is 13.0. The van der Waals surface area contributed by atoms with Crippen molar-refractivity contribution in [1.82, 2.24) is 0 Å². The molecule has 0 saturated heterocycles. The molecule has 1 aliphatic rings. The number of unbranched alkanes of at least 4 members (excludes halogenated alkanes) is 2. The lowest BCUT2D eigenvalue weighted by atomic mass is 9.79. The Labute approximate surface area is 127 Å². The molecule has 0 N–H and O–H groups in total. The Morgan fingerprint density at radius 1 is 1.10 bits per heavy atom. The van der Waals surface area contributed by atoms with Crippen LogP contribution in [0.3, 0.4) is 0 Å². The van der Waals surface area contributed by atoms with Crippen molar-refractivity contribution in [3.05, 3.63) is 41.5 Å². The lowest BCUT2D eigenvalue weighted by molar-refractivity contribution is 0.290. The summed E-state index contributed by atoms with van der Waals surface area (Å²) in [7, 11) is 0. The lowest BCUT2D eigenvalue weighted by Crippen LogP contribution is -2.13. The van der Waals surface area contributed by atoms with E-state index >= 15 is 0 Å². The van der Waals surface area contributed by atoms with Crippen molar-refractivity contribution in [3.8, 4) is 0 Å². The summed E-state index contributed by atoms with van der Waals surface area (Å²) in [5.41, 5.74) is 0.361. The van der Waals surface area contributed by atoms with E-state index in [4.69, 9.17) is 0 Å². The predicted molar refractivity (Wildman–Crippen MR) is 85.0 cm³/mol. The van der Waals surface area contributed by atoms with Gasteiger partial charge in [-0.05, 0) is 43.6 Å². The first-order valence-electron chi connectivity index (χ1n) is 8.33. The Hall–Kier alpha value is -1.18. The van der Waals surface area contributed by atoms with E-state index in [9.17, 15) is 8.78 Å². The summed E-state index contributed by atoms with van der Waals surface area (Å²) >= 11 is 0. The molecule has 0 unspecified atom stereocenters. The second kappa shape index (κ2) is 8.31. The number of hydrogen-bond acceptors (Lipinski definition) is 0. The standard InChI is InChI=1S/C19H26F2/c1-2-3-4-6-15-9-11-16(12-10-15)13-14-17-7-5-8-18(20)19(17)21/h5,7-8,13-16H,2-4,6,9-12H2,1H3. The highest BCUT2D eigenvalue weighted by Crippen LogP contribution is 2.33. The van der Waals surface area contributed by atoms with Gasteiger partial charge in [-0.25, -0.2) is 8.78 Å². The van der Waals surface area contributed by atoms with E-state index in [1.54, 1.807) is 18.2 Å². The van der Waals surface area contributed by atoms with Crippen LogP contribution in [0.4, 0.5) is 8.78 Å². The summed E-state index contributed by atoms with van der Waals surface area (Å²) in [6, 6.07) is 4.35. The largest absolute Gasteiger partial charge is 0.204 e. The molecule has 0 nitrogen and oxygen atoms in total. The number of rotatable bonds is 6. The minimum atomic E-state index is -0.767. The van der Waals surface area contributed by atoms with Crippen molar-refractivity contribution in [2.45, 2.75) is 58.3 Å². The molecule has 0 aliphatic heterocycles. The maximum absolute atomic E-state index is 13.6. The summed E-state index contributed by atoms with van der Waals surface area (Å²) in [6.45, 7) is 2.24. The third-order valence-electron chi connectivity index (χ3n) is 4.64. The molecule has 1 aliphatic carbocycles. The lowest BCUT2D eigenvalue weighted by Gasteiger charge is -2.26. The van der Waals surface area contributed by atoms with E-state index in [1.165, 1.54) is 51.4 Å². The number of hydrogen-bond donors (Lipinski definition) is 0. The highest BCUT2D eigenvalue weighted by Gasteiger charge is 2.19. The van der Waals surface area contributed by atoms with Gasteiger partial charge in [0.1, 0.15) is 0 Å². The van der Waals surface area contributed by atoms with Gasteiger partial charge in [0.2, 0.25) is 0 Å². The average molecular weight is 292 g/mol. The van der Waals surface area contributed by atoms with Crippen LogP contribution < -0.4 is 0 Å². The van der Waals surface area contributed by atoms with Gasteiger partial charge in [-0.3, -0.25) is 0 Å². The van der Waals surface area contributed by atoms with Crippen LogP contribution >= 0.6 is 0 Å². The van der Waals surface area contributed by atoms with Gasteiger partial charge in [-0.15, -0.1) is 0 Å². The van der Waals surface area contributed by atoms with E-state index in [-0.39, 0.29) is 0 Å². The molecule has 2 heteroatoms. The highest BCUT2D eigenvalue weighted by molar-refractivity contribution is 5.50. The first-order valence-corrected chi connectivity index (χ1v) is 8.33. The number of halogens is 2. The first-order chi connectivity index (χ1) is 10.2. The molecular formula is C19H26F2. The smallest absolute Gasteiger partial charge is 0.166 e. The third-order valence-corrected chi connectivity index (χ3v) is 4.64. The minimum absolute atomic E-state index is 0.361. The van der Waals surface area contributed by atoms with Gasteiger partial charge in [0.25, 0.3) is 0 Å². The zero-order valence-corrected chi connectivity index (χ0v) is 13.0. The van der Waals surface area contributed by atoms with Crippen LogP contribution in [0.5, 0.6) is 0 Å². The Morgan fingerprint density at radius 3 is 2.57 bits per heavy atom. The molecule has 1 aromatic carbocycles. The van der Waals surface area contributed by atoms with Crippen LogP contribution in [-0.2, 0) is 0 Å². The minimum Gasteiger partial charge on any atom is -0.204 e. The van der Waals surface area contributed by atoms with Crippen LogP contribution in [0.15, 0.2) is 24.3 Å². The summed E-state index contributed by atoms with van der Waals surface area (Å²) in [6.07, 6.45) is 14.1.